The molecule has 0 saturated heterocycles. The number of H-pyrrole nitrogens is 1. The standard InChI is InChI=1S/C25H25FN4O3/c1-5-6-21(31)20-10-17-19(12-30(4)25(32)22(17)29-20)18-9-16(27)11-28-24(18)33-23-13(2)7-15(26)8-14(23)3/h7-12,29H,5-6,27H2,1-4H3. The van der Waals surface area contributed by atoms with Crippen molar-refractivity contribution in [2.75, 3.05) is 5.73 Å². The number of fused-ring (bicyclic) bond motifs is 1. The minimum Gasteiger partial charge on any atom is -0.438 e. The number of pyridine rings is 2. The smallest absolute Gasteiger partial charge is 0.274 e. The van der Waals surface area contributed by atoms with Gasteiger partial charge in [-0.15, -0.1) is 0 Å². The molecule has 170 valence electrons. The van der Waals surface area contributed by atoms with Crippen LogP contribution in [0.5, 0.6) is 11.6 Å². The van der Waals surface area contributed by atoms with Crippen molar-refractivity contribution in [3.05, 3.63) is 69.7 Å². The number of aromatic nitrogens is 3. The molecule has 4 aromatic rings. The summed E-state index contributed by atoms with van der Waals surface area (Å²) in [5, 5.41) is 0.572. The number of carbonyl (C=O) groups is 1. The average molecular weight is 448 g/mol. The quantitative estimate of drug-likeness (QED) is 0.402. The molecule has 7 nitrogen and oxygen atoms in total. The van der Waals surface area contributed by atoms with Crippen LogP contribution in [0.3, 0.4) is 0 Å². The van der Waals surface area contributed by atoms with Gasteiger partial charge in [0.05, 0.1) is 17.6 Å². The van der Waals surface area contributed by atoms with Crippen LogP contribution in [-0.4, -0.2) is 20.3 Å². The number of carbonyl (C=O) groups excluding carboxylic acids is 1. The van der Waals surface area contributed by atoms with Gasteiger partial charge in [0.15, 0.2) is 5.78 Å². The number of halogens is 1. The minimum atomic E-state index is -0.348. The predicted molar refractivity (Wildman–Crippen MR) is 126 cm³/mol. The van der Waals surface area contributed by atoms with E-state index in [0.717, 1.165) is 0 Å². The minimum absolute atomic E-state index is 0.0681. The van der Waals surface area contributed by atoms with Gasteiger partial charge >= 0.3 is 0 Å². The number of hydrogen-bond donors (Lipinski definition) is 2. The van der Waals surface area contributed by atoms with E-state index in [0.29, 0.717) is 63.1 Å². The Hall–Kier alpha value is -3.94. The van der Waals surface area contributed by atoms with E-state index in [9.17, 15) is 14.0 Å². The zero-order valence-corrected chi connectivity index (χ0v) is 19.0. The van der Waals surface area contributed by atoms with Crippen molar-refractivity contribution in [3.63, 3.8) is 0 Å². The van der Waals surface area contributed by atoms with Crippen LogP contribution in [0.15, 0.2) is 41.5 Å². The van der Waals surface area contributed by atoms with Crippen molar-refractivity contribution >= 4 is 22.4 Å². The molecule has 0 saturated carbocycles. The highest BCUT2D eigenvalue weighted by atomic mass is 19.1. The molecule has 0 spiro atoms. The van der Waals surface area contributed by atoms with E-state index in [-0.39, 0.29) is 23.0 Å². The summed E-state index contributed by atoms with van der Waals surface area (Å²) in [6.45, 7) is 5.43. The van der Waals surface area contributed by atoms with E-state index in [1.807, 2.05) is 6.92 Å². The van der Waals surface area contributed by atoms with Gasteiger partial charge < -0.3 is 20.0 Å². The molecular weight excluding hydrogens is 423 g/mol. The Morgan fingerprint density at radius 1 is 1.18 bits per heavy atom. The van der Waals surface area contributed by atoms with Gasteiger partial charge in [0.25, 0.3) is 5.56 Å². The summed E-state index contributed by atoms with van der Waals surface area (Å²) >= 11 is 0. The maximum atomic E-state index is 13.8. The Balaban J connectivity index is 1.94. The van der Waals surface area contributed by atoms with Crippen molar-refractivity contribution in [3.8, 4) is 22.8 Å². The first-order valence-electron chi connectivity index (χ1n) is 10.7. The van der Waals surface area contributed by atoms with Gasteiger partial charge in [0.1, 0.15) is 17.1 Å². The summed E-state index contributed by atoms with van der Waals surface area (Å²) in [5.74, 6) is 0.328. The first-order chi connectivity index (χ1) is 15.7. The molecule has 33 heavy (non-hydrogen) atoms. The van der Waals surface area contributed by atoms with Crippen molar-refractivity contribution < 1.29 is 13.9 Å². The average Bonchev–Trinajstić information content (AvgIpc) is 3.20. The van der Waals surface area contributed by atoms with Gasteiger partial charge in [-0.25, -0.2) is 9.37 Å². The number of hydrogen-bond acceptors (Lipinski definition) is 5. The van der Waals surface area contributed by atoms with Gasteiger partial charge in [-0.1, -0.05) is 6.92 Å². The molecule has 0 atom stereocenters. The predicted octanol–water partition coefficient (Wildman–Crippen LogP) is 5.04. The number of nitrogens with zero attached hydrogens (tertiary/aromatic N) is 2. The summed E-state index contributed by atoms with van der Waals surface area (Å²) in [4.78, 5) is 32.6. The molecule has 0 bridgehead atoms. The van der Waals surface area contributed by atoms with E-state index < -0.39 is 0 Å². The van der Waals surface area contributed by atoms with Gasteiger partial charge in [0.2, 0.25) is 5.88 Å². The van der Waals surface area contributed by atoms with E-state index in [4.69, 9.17) is 10.5 Å². The SMILES string of the molecule is CCCC(=O)c1cc2c(-c3cc(N)cnc3Oc3c(C)cc(F)cc3C)cn(C)c(=O)c2[nH]1. The lowest BCUT2D eigenvalue weighted by atomic mass is 10.0. The number of aromatic amines is 1. The summed E-state index contributed by atoms with van der Waals surface area (Å²) in [5.41, 5.74) is 9.31. The fourth-order valence-electron chi connectivity index (χ4n) is 3.96. The fourth-order valence-corrected chi connectivity index (χ4v) is 3.96. The molecule has 4 rings (SSSR count). The van der Waals surface area contributed by atoms with Crippen LogP contribution in [0.25, 0.3) is 22.0 Å². The van der Waals surface area contributed by atoms with Gasteiger partial charge in [0, 0.05) is 36.2 Å². The third-order valence-corrected chi connectivity index (χ3v) is 5.53. The lowest BCUT2D eigenvalue weighted by Crippen LogP contribution is -2.16. The van der Waals surface area contributed by atoms with Crippen molar-refractivity contribution in [1.82, 2.24) is 14.5 Å². The second kappa shape index (κ2) is 8.54. The molecule has 3 aromatic heterocycles. The lowest BCUT2D eigenvalue weighted by Gasteiger charge is -2.15. The second-order valence-corrected chi connectivity index (χ2v) is 8.20. The van der Waals surface area contributed by atoms with Crippen molar-refractivity contribution in [1.29, 1.82) is 0 Å². The summed E-state index contributed by atoms with van der Waals surface area (Å²) in [6.07, 6.45) is 4.21. The highest BCUT2D eigenvalue weighted by Crippen LogP contribution is 2.38. The molecule has 0 fully saturated rings. The fraction of sp³-hybridized carbons (Fsp3) is 0.240. The first kappa shape index (κ1) is 22.3. The van der Waals surface area contributed by atoms with Crippen LogP contribution in [0.2, 0.25) is 0 Å². The van der Waals surface area contributed by atoms with Crippen LogP contribution in [0.4, 0.5) is 10.1 Å². The Morgan fingerprint density at radius 3 is 2.55 bits per heavy atom. The molecule has 3 N–H and O–H groups in total. The third kappa shape index (κ3) is 4.11. The van der Waals surface area contributed by atoms with Gasteiger partial charge in [-0.3, -0.25) is 9.59 Å². The number of benzene rings is 1. The molecule has 3 heterocycles. The van der Waals surface area contributed by atoms with Crippen LogP contribution in [0, 0.1) is 19.7 Å². The number of ketones is 1. The van der Waals surface area contributed by atoms with E-state index in [2.05, 4.69) is 9.97 Å². The van der Waals surface area contributed by atoms with E-state index in [1.165, 1.54) is 22.9 Å². The molecular formula is C25H25FN4O3. The zero-order valence-electron chi connectivity index (χ0n) is 19.0. The third-order valence-electron chi connectivity index (χ3n) is 5.53. The summed E-state index contributed by atoms with van der Waals surface area (Å²) in [7, 11) is 1.63. The van der Waals surface area contributed by atoms with Gasteiger partial charge in [-0.05, 0) is 55.7 Å². The largest absolute Gasteiger partial charge is 0.438 e. The summed E-state index contributed by atoms with van der Waals surface area (Å²) < 4.78 is 21.4. The summed E-state index contributed by atoms with van der Waals surface area (Å²) in [6, 6.07) is 6.17. The number of nitrogen functional groups attached to an aromatic ring is 1. The number of anilines is 1. The zero-order chi connectivity index (χ0) is 23.9. The maximum Gasteiger partial charge on any atom is 0.274 e. The number of aryl methyl sites for hydroxylation is 3. The Labute approximate surface area is 190 Å². The Bertz CT molecular complexity index is 1430. The topological polar surface area (TPSA) is 103 Å². The van der Waals surface area contributed by atoms with Crippen molar-refractivity contribution in [2.24, 2.45) is 7.05 Å². The van der Waals surface area contributed by atoms with E-state index >= 15 is 0 Å². The molecule has 0 aliphatic heterocycles. The highest BCUT2D eigenvalue weighted by Gasteiger charge is 2.20. The number of nitrogens with two attached hydrogens (primary N) is 1. The van der Waals surface area contributed by atoms with Crippen LogP contribution in [-0.2, 0) is 7.05 Å². The maximum absolute atomic E-state index is 13.8. The van der Waals surface area contributed by atoms with Crippen LogP contribution < -0.4 is 16.0 Å². The molecule has 8 heteroatoms. The molecule has 0 aliphatic rings. The highest BCUT2D eigenvalue weighted by molar-refractivity contribution is 6.03. The second-order valence-electron chi connectivity index (χ2n) is 8.20. The Kier molecular flexibility index (Phi) is 5.76. The van der Waals surface area contributed by atoms with E-state index in [1.54, 1.807) is 39.2 Å². The number of nitrogens with one attached hydrogen (secondary N) is 1. The molecule has 0 aliphatic carbocycles. The Morgan fingerprint density at radius 2 is 1.88 bits per heavy atom. The van der Waals surface area contributed by atoms with Crippen molar-refractivity contribution in [2.45, 2.75) is 33.6 Å². The van der Waals surface area contributed by atoms with Gasteiger partial charge in [-0.2, -0.15) is 0 Å². The van der Waals surface area contributed by atoms with Crippen LogP contribution >= 0.6 is 0 Å². The molecule has 0 unspecified atom stereocenters. The van der Waals surface area contributed by atoms with Crippen LogP contribution in [0.1, 0.15) is 41.4 Å². The normalized spacial score (nSPS) is 11.2. The lowest BCUT2D eigenvalue weighted by molar-refractivity contribution is 0.0977. The number of Topliss-reactive ketones (excluding diaryl/α,β-unsaturated/α-hetero) is 1. The monoisotopic (exact) mass is 448 g/mol. The molecule has 0 radical (unpaired) electrons. The number of rotatable bonds is 6. The molecule has 0 amide bonds. The molecule has 1 aromatic carbocycles. The first-order valence-corrected chi connectivity index (χ1v) is 10.7. The number of ether oxygens (including phenoxy) is 1.